The quantitative estimate of drug-likeness (QED) is 0.539. The van der Waals surface area contributed by atoms with Gasteiger partial charge in [0.15, 0.2) is 17.7 Å². The van der Waals surface area contributed by atoms with E-state index in [1.165, 1.54) is 11.0 Å². The first-order chi connectivity index (χ1) is 14.3. The van der Waals surface area contributed by atoms with Crippen molar-refractivity contribution in [3.05, 3.63) is 63.6 Å². The predicted octanol–water partition coefficient (Wildman–Crippen LogP) is 5.44. The smallest absolute Gasteiger partial charge is 0.420 e. The maximum atomic E-state index is 13.1. The monoisotopic (exact) mass is 453 g/mol. The Morgan fingerprint density at radius 1 is 1.10 bits per heavy atom. The molecule has 9 heteroatoms. The van der Waals surface area contributed by atoms with Gasteiger partial charge in [0.25, 0.3) is 5.24 Å². The van der Waals surface area contributed by atoms with E-state index in [9.17, 15) is 33.3 Å². The number of benzene rings is 2. The first kappa shape index (κ1) is 23.0. The molecule has 166 valence electrons. The van der Waals surface area contributed by atoms with Crippen LogP contribution in [0.3, 0.4) is 0 Å². The molecule has 0 aliphatic carbocycles. The van der Waals surface area contributed by atoms with E-state index >= 15 is 0 Å². The van der Waals surface area contributed by atoms with E-state index in [0.29, 0.717) is 17.8 Å². The third-order valence-electron chi connectivity index (χ3n) is 4.89. The Balaban J connectivity index is 1.84. The van der Waals surface area contributed by atoms with Crippen LogP contribution in [0.4, 0.5) is 18.0 Å². The molecule has 0 aromatic heterocycles. The van der Waals surface area contributed by atoms with Gasteiger partial charge in [0.2, 0.25) is 0 Å². The number of nitrogens with zero attached hydrogens (tertiary/aromatic N) is 1. The summed E-state index contributed by atoms with van der Waals surface area (Å²) in [6, 6.07) is 9.20. The van der Waals surface area contributed by atoms with Crippen LogP contribution in [0, 0.1) is 0 Å². The Morgan fingerprint density at radius 2 is 1.71 bits per heavy atom. The standard InChI is InChI=1S/C22H22F3NO4S/c1-21(2,3)14-6-4-12(5-7-14)11-26-19(29)17(31-20(26)30)10-13-8-15(22(23,24)25)18(28)16(27)9-13/h4-10,19,27-29H,11H2,1-3H3/b17-10-. The Kier molecular flexibility index (Phi) is 6.03. The summed E-state index contributed by atoms with van der Waals surface area (Å²) in [6.45, 7) is 6.36. The number of phenols is 2. The molecule has 1 saturated heterocycles. The van der Waals surface area contributed by atoms with E-state index in [1.54, 1.807) is 0 Å². The summed E-state index contributed by atoms with van der Waals surface area (Å²) in [5.74, 6) is -2.22. The Hall–Kier alpha value is -2.65. The summed E-state index contributed by atoms with van der Waals surface area (Å²) in [4.78, 5) is 13.7. The zero-order valence-corrected chi connectivity index (χ0v) is 17.9. The number of alkyl halides is 3. The topological polar surface area (TPSA) is 81.0 Å². The number of rotatable bonds is 3. The number of aromatic hydroxyl groups is 2. The highest BCUT2D eigenvalue weighted by atomic mass is 32.2. The van der Waals surface area contributed by atoms with Gasteiger partial charge in [-0.05, 0) is 52.1 Å². The van der Waals surface area contributed by atoms with Crippen molar-refractivity contribution in [2.45, 2.75) is 45.1 Å². The highest BCUT2D eigenvalue weighted by Gasteiger charge is 2.37. The second kappa shape index (κ2) is 8.12. The number of hydrogen-bond acceptors (Lipinski definition) is 5. The molecule has 1 unspecified atom stereocenters. The minimum atomic E-state index is -4.88. The molecule has 0 bridgehead atoms. The van der Waals surface area contributed by atoms with Crippen LogP contribution in [0.2, 0.25) is 0 Å². The van der Waals surface area contributed by atoms with Gasteiger partial charge >= 0.3 is 6.18 Å². The van der Waals surface area contributed by atoms with Crippen molar-refractivity contribution < 1.29 is 33.3 Å². The molecular formula is C22H22F3NO4S. The lowest BCUT2D eigenvalue weighted by Gasteiger charge is -2.22. The first-order valence-corrected chi connectivity index (χ1v) is 10.2. The van der Waals surface area contributed by atoms with Crippen LogP contribution in [0.1, 0.15) is 43.0 Å². The van der Waals surface area contributed by atoms with Crippen molar-refractivity contribution in [1.29, 1.82) is 0 Å². The Morgan fingerprint density at radius 3 is 2.26 bits per heavy atom. The minimum absolute atomic E-state index is 0.0296. The van der Waals surface area contributed by atoms with Gasteiger partial charge < -0.3 is 15.3 Å². The number of thioether (sulfide) groups is 1. The zero-order chi connectivity index (χ0) is 23.1. The van der Waals surface area contributed by atoms with E-state index < -0.39 is 34.7 Å². The van der Waals surface area contributed by atoms with Crippen molar-refractivity contribution in [1.82, 2.24) is 4.90 Å². The van der Waals surface area contributed by atoms with Crippen molar-refractivity contribution in [3.63, 3.8) is 0 Å². The number of carbonyl (C=O) groups excluding carboxylic acids is 1. The lowest BCUT2D eigenvalue weighted by Crippen LogP contribution is -2.31. The molecule has 5 nitrogen and oxygen atoms in total. The van der Waals surface area contributed by atoms with Crippen LogP contribution in [-0.2, 0) is 18.1 Å². The summed E-state index contributed by atoms with van der Waals surface area (Å²) in [7, 11) is 0. The number of carbonyl (C=O) groups is 1. The van der Waals surface area contributed by atoms with Gasteiger partial charge in [-0.3, -0.25) is 9.69 Å². The second-order valence-electron chi connectivity index (χ2n) is 8.30. The minimum Gasteiger partial charge on any atom is -0.504 e. The molecule has 0 radical (unpaired) electrons. The third-order valence-corrected chi connectivity index (χ3v) is 5.86. The molecule has 1 aliphatic heterocycles. The number of aliphatic hydroxyl groups is 1. The molecule has 1 heterocycles. The maximum absolute atomic E-state index is 13.1. The molecule has 2 aromatic rings. The van der Waals surface area contributed by atoms with Crippen LogP contribution >= 0.6 is 11.8 Å². The van der Waals surface area contributed by atoms with E-state index in [-0.39, 0.29) is 22.4 Å². The van der Waals surface area contributed by atoms with Crippen LogP contribution in [0.15, 0.2) is 41.3 Å². The second-order valence-corrected chi connectivity index (χ2v) is 9.32. The largest absolute Gasteiger partial charge is 0.504 e. The Labute approximate surface area is 181 Å². The molecule has 1 aliphatic rings. The summed E-state index contributed by atoms with van der Waals surface area (Å²) < 4.78 is 39.2. The van der Waals surface area contributed by atoms with Gasteiger partial charge in [-0.2, -0.15) is 13.2 Å². The average molecular weight is 453 g/mol. The lowest BCUT2D eigenvalue weighted by molar-refractivity contribution is -0.138. The van der Waals surface area contributed by atoms with Crippen molar-refractivity contribution in [3.8, 4) is 11.5 Å². The summed E-state index contributed by atoms with van der Waals surface area (Å²) >= 11 is 0.699. The number of phenolic OH excluding ortho intramolecular Hbond substituents is 2. The normalized spacial score (nSPS) is 18.8. The van der Waals surface area contributed by atoms with Crippen molar-refractivity contribution in [2.75, 3.05) is 0 Å². The molecule has 31 heavy (non-hydrogen) atoms. The van der Waals surface area contributed by atoms with Gasteiger partial charge in [0.05, 0.1) is 0 Å². The predicted molar refractivity (Wildman–Crippen MR) is 112 cm³/mol. The van der Waals surface area contributed by atoms with Gasteiger partial charge in [0.1, 0.15) is 5.56 Å². The molecule has 1 fully saturated rings. The Bertz CT molecular complexity index is 1030. The molecule has 1 atom stereocenters. The van der Waals surface area contributed by atoms with E-state index in [2.05, 4.69) is 20.8 Å². The summed E-state index contributed by atoms with van der Waals surface area (Å²) in [6.07, 6.45) is -5.03. The fourth-order valence-electron chi connectivity index (χ4n) is 3.13. The average Bonchev–Trinajstić information content (AvgIpc) is 2.90. The molecule has 1 amide bonds. The molecule has 0 spiro atoms. The number of halogens is 3. The fraction of sp³-hybridized carbons (Fsp3) is 0.318. The van der Waals surface area contributed by atoms with Crippen LogP contribution < -0.4 is 0 Å². The van der Waals surface area contributed by atoms with Gasteiger partial charge in [-0.25, -0.2) is 0 Å². The fourth-order valence-corrected chi connectivity index (χ4v) is 4.04. The third kappa shape index (κ3) is 4.99. The lowest BCUT2D eigenvalue weighted by atomic mass is 9.87. The summed E-state index contributed by atoms with van der Waals surface area (Å²) in [5.41, 5.74) is 0.376. The molecular weight excluding hydrogens is 431 g/mol. The first-order valence-electron chi connectivity index (χ1n) is 9.38. The van der Waals surface area contributed by atoms with Gasteiger partial charge in [-0.15, -0.1) is 0 Å². The van der Waals surface area contributed by atoms with E-state index in [1.807, 2.05) is 24.3 Å². The maximum Gasteiger partial charge on any atom is 0.420 e. The highest BCUT2D eigenvalue weighted by molar-refractivity contribution is 8.17. The van der Waals surface area contributed by atoms with Gasteiger partial charge in [0, 0.05) is 11.4 Å². The number of hydrogen-bond donors (Lipinski definition) is 3. The van der Waals surface area contributed by atoms with Gasteiger partial charge in [-0.1, -0.05) is 45.0 Å². The van der Waals surface area contributed by atoms with E-state index in [0.717, 1.165) is 17.2 Å². The van der Waals surface area contributed by atoms with Crippen molar-refractivity contribution in [2.24, 2.45) is 0 Å². The molecule has 2 aromatic carbocycles. The number of amides is 1. The SMILES string of the molecule is CC(C)(C)c1ccc(CN2C(=O)S/C(=C\c3cc(O)c(O)c(C(F)(F)F)c3)C2O)cc1. The summed E-state index contributed by atoms with van der Waals surface area (Å²) in [5, 5.41) is 29.2. The molecule has 3 N–H and O–H groups in total. The van der Waals surface area contributed by atoms with E-state index in [4.69, 9.17) is 0 Å². The van der Waals surface area contributed by atoms with Crippen LogP contribution in [-0.4, -0.2) is 31.7 Å². The number of aliphatic hydroxyl groups excluding tert-OH is 1. The van der Waals surface area contributed by atoms with Crippen LogP contribution in [0.5, 0.6) is 11.5 Å². The molecule has 0 saturated carbocycles. The molecule has 3 rings (SSSR count). The zero-order valence-electron chi connectivity index (χ0n) is 17.1. The van der Waals surface area contributed by atoms with Crippen LogP contribution in [0.25, 0.3) is 6.08 Å². The van der Waals surface area contributed by atoms with Crippen molar-refractivity contribution >= 4 is 23.1 Å². The highest BCUT2D eigenvalue weighted by Crippen LogP contribution is 2.43.